The average Bonchev–Trinajstić information content (AvgIpc) is 1.82. The maximum Gasteiger partial charge on any atom is 0.317 e. The van der Waals surface area contributed by atoms with Crippen molar-refractivity contribution < 1.29 is 14.6 Å². The van der Waals surface area contributed by atoms with Crippen molar-refractivity contribution in [3.05, 3.63) is 0 Å². The van der Waals surface area contributed by atoms with E-state index < -0.39 is 10.8 Å². The van der Waals surface area contributed by atoms with Crippen LogP contribution in [0, 0.1) is 0 Å². The Kier molecular flexibility index (Phi) is 4.71. The molecule has 0 amide bonds. The molecule has 0 radical (unpaired) electrons. The van der Waals surface area contributed by atoms with E-state index in [9.17, 15) is 4.79 Å². The van der Waals surface area contributed by atoms with E-state index >= 15 is 0 Å². The molecule has 0 aliphatic rings. The Morgan fingerprint density at radius 3 is 2.78 bits per heavy atom. The van der Waals surface area contributed by atoms with Crippen LogP contribution < -0.4 is 0 Å². The second-order valence-corrected chi connectivity index (χ2v) is 2.69. The van der Waals surface area contributed by atoms with Gasteiger partial charge in [-0.2, -0.15) is 0 Å². The Hall–Kier alpha value is -0.0900. The number of carbonyl (C=O) groups is 1. The average molecular weight is 197 g/mol. The van der Waals surface area contributed by atoms with Gasteiger partial charge in [0.1, 0.15) is 4.83 Å². The summed E-state index contributed by atoms with van der Waals surface area (Å²) in [5.74, 6) is -0.841. The van der Waals surface area contributed by atoms with Crippen LogP contribution >= 0.6 is 15.9 Å². The Bertz CT molecular complexity index is 94.2. The smallest absolute Gasteiger partial charge is 0.317 e. The first kappa shape index (κ1) is 8.91. The number of methoxy groups -OCH3 is 1. The van der Waals surface area contributed by atoms with Crippen molar-refractivity contribution in [1.29, 1.82) is 0 Å². The summed E-state index contributed by atoms with van der Waals surface area (Å²) in [5, 5.41) is 8.31. The van der Waals surface area contributed by atoms with Crippen molar-refractivity contribution in [2.45, 2.75) is 11.2 Å². The van der Waals surface area contributed by atoms with E-state index in [-0.39, 0.29) is 0 Å². The van der Waals surface area contributed by atoms with Crippen LogP contribution in [0.25, 0.3) is 0 Å². The first-order valence-electron chi connectivity index (χ1n) is 2.54. The Balaban J connectivity index is 3.27. The highest BCUT2D eigenvalue weighted by molar-refractivity contribution is 9.10. The third-order valence-corrected chi connectivity index (χ3v) is 1.69. The summed E-state index contributed by atoms with van der Waals surface area (Å²) in [6, 6.07) is 0. The standard InChI is InChI=1S/C5H9BrO3/c1-9-3-2-4(6)5(7)8/h4H,2-3H2,1H3,(H,7,8)/t4-/m1/s1. The van der Waals surface area contributed by atoms with Crippen LogP contribution in [-0.2, 0) is 9.53 Å². The zero-order valence-corrected chi connectivity index (χ0v) is 6.72. The number of carboxylic acids is 1. The predicted molar refractivity (Wildman–Crippen MR) is 36.8 cm³/mol. The number of hydrogen-bond donors (Lipinski definition) is 1. The van der Waals surface area contributed by atoms with Crippen LogP contribution in [0.4, 0.5) is 0 Å². The molecule has 1 N–H and O–H groups in total. The van der Waals surface area contributed by atoms with Gasteiger partial charge in [-0.1, -0.05) is 15.9 Å². The monoisotopic (exact) mass is 196 g/mol. The number of hydrogen-bond acceptors (Lipinski definition) is 2. The molecule has 0 fully saturated rings. The van der Waals surface area contributed by atoms with Crippen molar-refractivity contribution >= 4 is 21.9 Å². The van der Waals surface area contributed by atoms with E-state index in [2.05, 4.69) is 20.7 Å². The van der Waals surface area contributed by atoms with Gasteiger partial charge in [0.15, 0.2) is 0 Å². The van der Waals surface area contributed by atoms with Gasteiger partial charge >= 0.3 is 5.97 Å². The number of rotatable bonds is 4. The maximum atomic E-state index is 10.1. The third-order valence-electron chi connectivity index (χ3n) is 0.843. The maximum absolute atomic E-state index is 10.1. The van der Waals surface area contributed by atoms with Crippen LogP contribution in [0.1, 0.15) is 6.42 Å². The number of halogens is 1. The SMILES string of the molecule is COCC[C@@H](Br)C(=O)O. The van der Waals surface area contributed by atoms with Gasteiger partial charge in [-0.05, 0) is 6.42 Å². The van der Waals surface area contributed by atoms with Crippen LogP contribution in [0.5, 0.6) is 0 Å². The highest BCUT2D eigenvalue weighted by atomic mass is 79.9. The lowest BCUT2D eigenvalue weighted by molar-refractivity contribution is -0.136. The van der Waals surface area contributed by atoms with Crippen LogP contribution in [0.3, 0.4) is 0 Å². The van der Waals surface area contributed by atoms with Gasteiger partial charge in [0.2, 0.25) is 0 Å². The molecule has 0 heterocycles. The summed E-state index contributed by atoms with van der Waals surface area (Å²) >= 11 is 2.96. The molecule has 0 aromatic heterocycles. The molecule has 0 unspecified atom stereocenters. The van der Waals surface area contributed by atoms with Gasteiger partial charge in [0.05, 0.1) is 0 Å². The predicted octanol–water partition coefficient (Wildman–Crippen LogP) is 0.871. The van der Waals surface area contributed by atoms with Crippen molar-refractivity contribution in [1.82, 2.24) is 0 Å². The summed E-state index contributed by atoms with van der Waals surface area (Å²) in [6.07, 6.45) is 0.506. The van der Waals surface area contributed by atoms with E-state index in [0.717, 1.165) is 0 Å². The molecule has 1 atom stereocenters. The van der Waals surface area contributed by atoms with Crippen molar-refractivity contribution in [3.8, 4) is 0 Å². The second kappa shape index (κ2) is 4.76. The van der Waals surface area contributed by atoms with E-state index in [4.69, 9.17) is 5.11 Å². The zero-order chi connectivity index (χ0) is 7.28. The third kappa shape index (κ3) is 4.42. The zero-order valence-electron chi connectivity index (χ0n) is 5.13. The molecular formula is C5H9BrO3. The van der Waals surface area contributed by atoms with Crippen LogP contribution in [-0.4, -0.2) is 29.6 Å². The fourth-order valence-corrected chi connectivity index (χ4v) is 0.532. The van der Waals surface area contributed by atoms with Crippen molar-refractivity contribution in [3.63, 3.8) is 0 Å². The van der Waals surface area contributed by atoms with Gasteiger partial charge in [0.25, 0.3) is 0 Å². The Morgan fingerprint density at radius 1 is 1.89 bits per heavy atom. The van der Waals surface area contributed by atoms with E-state index in [1.54, 1.807) is 7.11 Å². The molecule has 0 aliphatic carbocycles. The lowest BCUT2D eigenvalue weighted by atomic mass is 10.3. The topological polar surface area (TPSA) is 46.5 Å². The fourth-order valence-electron chi connectivity index (χ4n) is 0.345. The molecule has 0 aromatic carbocycles. The lowest BCUT2D eigenvalue weighted by Gasteiger charge is -2.00. The molecule has 0 bridgehead atoms. The minimum Gasteiger partial charge on any atom is -0.480 e. The number of carboxylic acid groups (broad SMARTS) is 1. The summed E-state index contributed by atoms with van der Waals surface area (Å²) in [5.41, 5.74) is 0. The molecule has 0 spiro atoms. The highest BCUT2D eigenvalue weighted by Gasteiger charge is 2.10. The molecule has 54 valence electrons. The van der Waals surface area contributed by atoms with Gasteiger partial charge in [-0.3, -0.25) is 4.79 Å². The van der Waals surface area contributed by atoms with Crippen molar-refractivity contribution in [2.75, 3.05) is 13.7 Å². The first-order valence-corrected chi connectivity index (χ1v) is 3.46. The molecule has 9 heavy (non-hydrogen) atoms. The quantitative estimate of drug-likeness (QED) is 0.680. The van der Waals surface area contributed by atoms with E-state index in [1.807, 2.05) is 0 Å². The number of alkyl halides is 1. The van der Waals surface area contributed by atoms with Gasteiger partial charge in [0, 0.05) is 13.7 Å². The molecule has 0 saturated heterocycles. The molecule has 0 saturated carbocycles. The minimum absolute atomic E-state index is 0.474. The fraction of sp³-hybridized carbons (Fsp3) is 0.800. The van der Waals surface area contributed by atoms with E-state index in [1.165, 1.54) is 0 Å². The van der Waals surface area contributed by atoms with E-state index in [0.29, 0.717) is 13.0 Å². The summed E-state index contributed by atoms with van der Waals surface area (Å²) in [6.45, 7) is 0.474. The van der Waals surface area contributed by atoms with Crippen molar-refractivity contribution in [2.24, 2.45) is 0 Å². The summed E-state index contributed by atoms with van der Waals surface area (Å²) in [7, 11) is 1.54. The Morgan fingerprint density at radius 2 is 2.44 bits per heavy atom. The number of ether oxygens (including phenoxy) is 1. The number of aliphatic carboxylic acids is 1. The molecule has 0 aromatic rings. The lowest BCUT2D eigenvalue weighted by Crippen LogP contribution is -2.14. The minimum atomic E-state index is -0.841. The van der Waals surface area contributed by atoms with Gasteiger partial charge in [-0.25, -0.2) is 0 Å². The first-order chi connectivity index (χ1) is 4.18. The largest absolute Gasteiger partial charge is 0.480 e. The second-order valence-electron chi connectivity index (χ2n) is 1.59. The molecule has 0 aliphatic heterocycles. The highest BCUT2D eigenvalue weighted by Crippen LogP contribution is 2.03. The molecular weight excluding hydrogens is 188 g/mol. The summed E-state index contributed by atoms with van der Waals surface area (Å²) in [4.78, 5) is 9.63. The summed E-state index contributed by atoms with van der Waals surface area (Å²) < 4.78 is 4.67. The normalized spacial score (nSPS) is 13.1. The van der Waals surface area contributed by atoms with Crippen LogP contribution in [0.2, 0.25) is 0 Å². The van der Waals surface area contributed by atoms with Gasteiger partial charge < -0.3 is 9.84 Å². The van der Waals surface area contributed by atoms with Crippen LogP contribution in [0.15, 0.2) is 0 Å². The molecule has 4 heteroatoms. The van der Waals surface area contributed by atoms with Gasteiger partial charge in [-0.15, -0.1) is 0 Å². The Labute approximate surface area is 62.1 Å². The molecule has 3 nitrogen and oxygen atoms in total. The molecule has 0 rings (SSSR count).